The van der Waals surface area contributed by atoms with Gasteiger partial charge in [-0.05, 0) is 11.5 Å². The van der Waals surface area contributed by atoms with Gasteiger partial charge in [-0.1, -0.05) is 48.0 Å². The molecule has 0 unspecified atom stereocenters. The van der Waals surface area contributed by atoms with Crippen molar-refractivity contribution in [2.45, 2.75) is 4.90 Å². The summed E-state index contributed by atoms with van der Waals surface area (Å²) in [6, 6.07) is 12.2. The predicted molar refractivity (Wildman–Crippen MR) is 95.8 cm³/mol. The summed E-state index contributed by atoms with van der Waals surface area (Å²) in [5.74, 6) is -1.25. The van der Waals surface area contributed by atoms with Gasteiger partial charge in [0.2, 0.25) is 0 Å². The molecule has 0 radical (unpaired) electrons. The van der Waals surface area contributed by atoms with Crippen molar-refractivity contribution >= 4 is 49.1 Å². The average Bonchev–Trinajstić information content (AvgIpc) is 3.03. The number of sulfonamides is 1. The van der Waals surface area contributed by atoms with Crippen molar-refractivity contribution in [3.63, 3.8) is 0 Å². The highest BCUT2D eigenvalue weighted by molar-refractivity contribution is 7.93. The van der Waals surface area contributed by atoms with Crippen molar-refractivity contribution in [3.05, 3.63) is 65.7 Å². The Morgan fingerprint density at radius 1 is 1.12 bits per heavy atom. The number of hydrogen-bond donors (Lipinski definition) is 2. The molecule has 2 aromatic heterocycles. The normalized spacial score (nSPS) is 11.9. The molecule has 0 atom stereocenters. The minimum Gasteiger partial charge on any atom is -0.359 e. The van der Waals surface area contributed by atoms with E-state index in [0.29, 0.717) is 10.9 Å². The maximum absolute atomic E-state index is 13.9. The number of benzene rings is 2. The van der Waals surface area contributed by atoms with Gasteiger partial charge in [0.25, 0.3) is 10.0 Å². The van der Waals surface area contributed by atoms with Crippen molar-refractivity contribution < 1.29 is 12.8 Å². The molecule has 0 aliphatic carbocycles. The predicted octanol–water partition coefficient (Wildman–Crippen LogP) is 4.31. The molecule has 2 N–H and O–H groups in total. The van der Waals surface area contributed by atoms with Gasteiger partial charge in [-0.25, -0.2) is 17.8 Å². The first kappa shape index (κ1) is 15.9. The molecule has 0 fully saturated rings. The zero-order chi connectivity index (χ0) is 17.6. The first-order valence-corrected chi connectivity index (χ1v) is 9.14. The molecule has 0 amide bonds. The molecule has 0 saturated carbocycles. The average molecular weight is 376 g/mol. The summed E-state index contributed by atoms with van der Waals surface area (Å²) in [6.07, 6.45) is 2.55. The number of hydrogen-bond acceptors (Lipinski definition) is 3. The summed E-state index contributed by atoms with van der Waals surface area (Å²) in [5.41, 5.74) is 0.697. The minimum atomic E-state index is -4.03. The number of halogens is 2. The van der Waals surface area contributed by atoms with Gasteiger partial charge in [0.05, 0.1) is 10.5 Å². The van der Waals surface area contributed by atoms with E-state index >= 15 is 0 Å². The first-order valence-electron chi connectivity index (χ1n) is 7.28. The van der Waals surface area contributed by atoms with E-state index < -0.39 is 21.7 Å². The third-order valence-corrected chi connectivity index (χ3v) is 5.46. The Balaban J connectivity index is 1.84. The Hall–Kier alpha value is -2.64. The topological polar surface area (TPSA) is 74.8 Å². The fourth-order valence-electron chi connectivity index (χ4n) is 2.74. The van der Waals surface area contributed by atoms with E-state index in [1.807, 2.05) is 30.3 Å². The number of aromatic amines is 1. The van der Waals surface area contributed by atoms with Crippen LogP contribution in [0.1, 0.15) is 0 Å². The van der Waals surface area contributed by atoms with Gasteiger partial charge >= 0.3 is 0 Å². The van der Waals surface area contributed by atoms with Crippen LogP contribution in [0.4, 0.5) is 10.2 Å². The fraction of sp³-hybridized carbons (Fsp3) is 0. The highest BCUT2D eigenvalue weighted by Crippen LogP contribution is 2.30. The van der Waals surface area contributed by atoms with Gasteiger partial charge in [-0.2, -0.15) is 0 Å². The van der Waals surface area contributed by atoms with E-state index in [0.717, 1.165) is 16.8 Å². The van der Waals surface area contributed by atoms with Gasteiger partial charge < -0.3 is 4.98 Å². The number of H-pyrrole nitrogens is 1. The Morgan fingerprint density at radius 2 is 1.92 bits per heavy atom. The van der Waals surface area contributed by atoms with Gasteiger partial charge in [0, 0.05) is 23.2 Å². The molecule has 2 aromatic carbocycles. The molecular formula is C17H11ClFN3O2S. The number of rotatable bonds is 3. The molecule has 8 heteroatoms. The summed E-state index contributed by atoms with van der Waals surface area (Å²) in [5, 5.41) is 2.48. The molecule has 0 aliphatic rings. The van der Waals surface area contributed by atoms with E-state index in [-0.39, 0.29) is 9.92 Å². The summed E-state index contributed by atoms with van der Waals surface area (Å²) < 4.78 is 41.4. The second kappa shape index (κ2) is 5.72. The summed E-state index contributed by atoms with van der Waals surface area (Å²) in [4.78, 5) is 6.71. The molecule has 0 aliphatic heterocycles. The lowest BCUT2D eigenvalue weighted by Crippen LogP contribution is -2.14. The number of anilines is 1. The molecule has 25 heavy (non-hydrogen) atoms. The third-order valence-electron chi connectivity index (χ3n) is 3.87. The Kier molecular flexibility index (Phi) is 3.63. The van der Waals surface area contributed by atoms with E-state index in [4.69, 9.17) is 11.6 Å². The van der Waals surface area contributed by atoms with Crippen LogP contribution >= 0.6 is 11.6 Å². The summed E-state index contributed by atoms with van der Waals surface area (Å²) in [6.45, 7) is 0. The molecule has 0 bridgehead atoms. The van der Waals surface area contributed by atoms with E-state index in [1.165, 1.54) is 12.4 Å². The molecule has 4 aromatic rings. The highest BCUT2D eigenvalue weighted by atomic mass is 35.5. The second-order valence-electron chi connectivity index (χ2n) is 5.45. The van der Waals surface area contributed by atoms with Crippen molar-refractivity contribution in [2.24, 2.45) is 0 Å². The first-order chi connectivity index (χ1) is 12.0. The quantitative estimate of drug-likeness (QED) is 0.560. The molecule has 4 rings (SSSR count). The van der Waals surface area contributed by atoms with Crippen molar-refractivity contribution in [2.75, 3.05) is 4.72 Å². The molecule has 5 nitrogen and oxygen atoms in total. The third kappa shape index (κ3) is 2.71. The zero-order valence-electron chi connectivity index (χ0n) is 12.6. The summed E-state index contributed by atoms with van der Waals surface area (Å²) >= 11 is 5.64. The van der Waals surface area contributed by atoms with E-state index in [9.17, 15) is 12.8 Å². The molecule has 0 spiro atoms. The molecular weight excluding hydrogens is 365 g/mol. The maximum Gasteiger partial charge on any atom is 0.265 e. The lowest BCUT2D eigenvalue weighted by Gasteiger charge is -2.07. The largest absolute Gasteiger partial charge is 0.359 e. The summed E-state index contributed by atoms with van der Waals surface area (Å²) in [7, 11) is -4.03. The highest BCUT2D eigenvalue weighted by Gasteiger charge is 2.22. The van der Waals surface area contributed by atoms with Crippen LogP contribution in [0, 0.1) is 5.82 Å². The smallest absolute Gasteiger partial charge is 0.265 e. The number of aromatic nitrogens is 2. The van der Waals surface area contributed by atoms with Crippen LogP contribution in [-0.4, -0.2) is 18.4 Å². The van der Waals surface area contributed by atoms with Crippen LogP contribution in [0.15, 0.2) is 59.8 Å². The van der Waals surface area contributed by atoms with Crippen molar-refractivity contribution in [1.82, 2.24) is 9.97 Å². The van der Waals surface area contributed by atoms with Crippen LogP contribution in [0.25, 0.3) is 21.7 Å². The van der Waals surface area contributed by atoms with Gasteiger partial charge in [0.1, 0.15) is 4.90 Å². The Bertz CT molecular complexity index is 1220. The van der Waals surface area contributed by atoms with Crippen LogP contribution in [0.2, 0.25) is 5.02 Å². The van der Waals surface area contributed by atoms with Crippen LogP contribution in [0.3, 0.4) is 0 Å². The van der Waals surface area contributed by atoms with Crippen LogP contribution in [0.5, 0.6) is 0 Å². The number of fused-ring (bicyclic) bond motifs is 3. The van der Waals surface area contributed by atoms with Gasteiger partial charge in [0.15, 0.2) is 11.6 Å². The molecule has 126 valence electrons. The monoisotopic (exact) mass is 375 g/mol. The Morgan fingerprint density at radius 3 is 2.72 bits per heavy atom. The zero-order valence-corrected chi connectivity index (χ0v) is 14.2. The molecule has 0 saturated heterocycles. The van der Waals surface area contributed by atoms with Gasteiger partial charge in [-0.15, -0.1) is 0 Å². The lowest BCUT2D eigenvalue weighted by atomic mass is 10.1. The van der Waals surface area contributed by atoms with Crippen molar-refractivity contribution in [3.8, 4) is 0 Å². The van der Waals surface area contributed by atoms with E-state index in [1.54, 1.807) is 6.07 Å². The number of pyridine rings is 1. The van der Waals surface area contributed by atoms with Crippen molar-refractivity contribution in [1.29, 1.82) is 0 Å². The van der Waals surface area contributed by atoms with Gasteiger partial charge in [-0.3, -0.25) is 4.72 Å². The molecule has 2 heterocycles. The standard InChI is InChI=1S/C17H11ClFN3O2S/c18-11-7-14(19)17(21-8-11)22-25(23,24)15-9-20-16-12-4-2-1-3-10(12)5-6-13(15)16/h1-9,20H,(H,21,22). The fourth-order valence-corrected chi connectivity index (χ4v) is 4.08. The van der Waals surface area contributed by atoms with Crippen LogP contribution in [-0.2, 0) is 10.0 Å². The van der Waals surface area contributed by atoms with Crippen LogP contribution < -0.4 is 4.72 Å². The Labute approximate surface area is 147 Å². The lowest BCUT2D eigenvalue weighted by molar-refractivity contribution is 0.598. The number of nitrogens with zero attached hydrogens (tertiary/aromatic N) is 1. The minimum absolute atomic E-state index is 0.0180. The second-order valence-corrected chi connectivity index (χ2v) is 7.54. The SMILES string of the molecule is O=S(=O)(Nc1ncc(Cl)cc1F)c1c[nH]c2c1ccc1ccccc12. The van der Waals surface area contributed by atoms with E-state index in [2.05, 4.69) is 14.7 Å². The number of nitrogens with one attached hydrogen (secondary N) is 2. The maximum atomic E-state index is 13.9.